The zero-order chi connectivity index (χ0) is 10.9. The van der Waals surface area contributed by atoms with Crippen LogP contribution in [0.2, 0.25) is 0 Å². The van der Waals surface area contributed by atoms with Crippen molar-refractivity contribution in [2.24, 2.45) is 0 Å². The molecule has 0 heteroatoms. The molecule has 1 rings (SSSR count). The molecule has 15 heavy (non-hydrogen) atoms. The van der Waals surface area contributed by atoms with Crippen molar-refractivity contribution in [3.8, 4) is 0 Å². The molecule has 1 aromatic rings. The third kappa shape index (κ3) is 4.83. The summed E-state index contributed by atoms with van der Waals surface area (Å²) in [6, 6.07) is 8.77. The first-order valence-corrected chi connectivity index (χ1v) is 6.04. The Kier molecular flexibility index (Phi) is 5.84. The average Bonchev–Trinajstić information content (AvgIpc) is 2.28. The lowest BCUT2D eigenvalue weighted by molar-refractivity contribution is 0.717. The van der Waals surface area contributed by atoms with Gasteiger partial charge in [-0.1, -0.05) is 57.0 Å². The lowest BCUT2D eigenvalue weighted by atomic mass is 10.1. The molecule has 81 valence electrons. The van der Waals surface area contributed by atoms with Crippen molar-refractivity contribution < 1.29 is 0 Å². The Balaban J connectivity index is 2.45. The minimum Gasteiger partial charge on any atom is -0.0763 e. The molecule has 1 aromatic carbocycles. The van der Waals surface area contributed by atoms with E-state index in [1.54, 1.807) is 0 Å². The van der Waals surface area contributed by atoms with Gasteiger partial charge in [-0.05, 0) is 36.5 Å². The summed E-state index contributed by atoms with van der Waals surface area (Å²) in [4.78, 5) is 0. The van der Waals surface area contributed by atoms with E-state index in [9.17, 15) is 0 Å². The molecule has 0 unspecified atom stereocenters. The SMILES string of the molecule is CC/C=[C]\c1ccc(CCCCC)cc1. The summed E-state index contributed by atoms with van der Waals surface area (Å²) < 4.78 is 0. The maximum Gasteiger partial charge on any atom is -0.0149 e. The molecular formula is C15H21. The molecule has 0 N–H and O–H groups in total. The van der Waals surface area contributed by atoms with E-state index in [4.69, 9.17) is 0 Å². The number of allylic oxidation sites excluding steroid dienone is 1. The lowest BCUT2D eigenvalue weighted by Gasteiger charge is -2.00. The predicted octanol–water partition coefficient (Wildman–Crippen LogP) is 4.54. The first-order chi connectivity index (χ1) is 7.36. The first-order valence-electron chi connectivity index (χ1n) is 6.04. The van der Waals surface area contributed by atoms with Gasteiger partial charge < -0.3 is 0 Å². The third-order valence-corrected chi connectivity index (χ3v) is 2.50. The summed E-state index contributed by atoms with van der Waals surface area (Å²) in [6.45, 7) is 4.37. The van der Waals surface area contributed by atoms with Crippen LogP contribution < -0.4 is 0 Å². The van der Waals surface area contributed by atoms with Crippen molar-refractivity contribution in [1.82, 2.24) is 0 Å². The normalized spacial score (nSPS) is 11.1. The van der Waals surface area contributed by atoms with E-state index >= 15 is 0 Å². The minimum absolute atomic E-state index is 1.05. The van der Waals surface area contributed by atoms with Gasteiger partial charge in [-0.2, -0.15) is 0 Å². The average molecular weight is 201 g/mol. The first kappa shape index (κ1) is 12.0. The standard InChI is InChI=1S/C15H21/c1-3-5-7-9-15-12-10-14(11-13-15)8-6-4-2/h6,10-13H,3-5,7,9H2,1-2H3. The van der Waals surface area contributed by atoms with Gasteiger partial charge in [-0.25, -0.2) is 0 Å². The molecule has 0 amide bonds. The van der Waals surface area contributed by atoms with Crippen molar-refractivity contribution in [2.45, 2.75) is 46.0 Å². The zero-order valence-electron chi connectivity index (χ0n) is 9.92. The van der Waals surface area contributed by atoms with Gasteiger partial charge in [0.2, 0.25) is 0 Å². The van der Waals surface area contributed by atoms with Gasteiger partial charge in [0.15, 0.2) is 0 Å². The topological polar surface area (TPSA) is 0 Å². The second-order valence-corrected chi connectivity index (χ2v) is 3.91. The number of benzene rings is 1. The molecule has 0 saturated heterocycles. The van der Waals surface area contributed by atoms with E-state index in [0.717, 1.165) is 6.42 Å². The van der Waals surface area contributed by atoms with Gasteiger partial charge in [0.1, 0.15) is 0 Å². The van der Waals surface area contributed by atoms with Gasteiger partial charge in [0.05, 0.1) is 0 Å². The Morgan fingerprint density at radius 3 is 2.40 bits per heavy atom. The van der Waals surface area contributed by atoms with Crippen LogP contribution in [0.4, 0.5) is 0 Å². The highest BCUT2D eigenvalue weighted by Crippen LogP contribution is 2.09. The molecule has 0 aliphatic rings. The summed E-state index contributed by atoms with van der Waals surface area (Å²) in [5, 5.41) is 0. The van der Waals surface area contributed by atoms with E-state index < -0.39 is 0 Å². The van der Waals surface area contributed by atoms with Gasteiger partial charge in [-0.15, -0.1) is 0 Å². The Hall–Kier alpha value is -1.04. The molecule has 0 fully saturated rings. The van der Waals surface area contributed by atoms with Crippen LogP contribution in [-0.4, -0.2) is 0 Å². The maximum absolute atomic E-state index is 3.26. The monoisotopic (exact) mass is 201 g/mol. The fourth-order valence-electron chi connectivity index (χ4n) is 1.57. The van der Waals surface area contributed by atoms with Crippen LogP contribution in [0, 0.1) is 6.08 Å². The van der Waals surface area contributed by atoms with E-state index in [1.165, 1.54) is 36.8 Å². The highest BCUT2D eigenvalue weighted by atomic mass is 14.0. The van der Waals surface area contributed by atoms with Gasteiger partial charge in [0, 0.05) is 0 Å². The van der Waals surface area contributed by atoms with E-state index in [-0.39, 0.29) is 0 Å². The highest BCUT2D eigenvalue weighted by molar-refractivity contribution is 5.27. The fourth-order valence-corrected chi connectivity index (χ4v) is 1.57. The quantitative estimate of drug-likeness (QED) is 0.593. The molecular weight excluding hydrogens is 180 g/mol. The number of hydrogen-bond acceptors (Lipinski definition) is 0. The second-order valence-electron chi connectivity index (χ2n) is 3.91. The third-order valence-electron chi connectivity index (χ3n) is 2.50. The fraction of sp³-hybridized carbons (Fsp3) is 0.467. The molecule has 0 heterocycles. The number of aryl methyl sites for hydroxylation is 1. The zero-order valence-corrected chi connectivity index (χ0v) is 9.92. The number of rotatable bonds is 6. The van der Waals surface area contributed by atoms with Crippen molar-refractivity contribution in [3.63, 3.8) is 0 Å². The minimum atomic E-state index is 1.05. The van der Waals surface area contributed by atoms with Gasteiger partial charge in [-0.3, -0.25) is 0 Å². The molecule has 0 aliphatic carbocycles. The van der Waals surface area contributed by atoms with Crippen molar-refractivity contribution in [3.05, 3.63) is 47.5 Å². The molecule has 0 aliphatic heterocycles. The summed E-state index contributed by atoms with van der Waals surface area (Å²) in [5.74, 6) is 0. The van der Waals surface area contributed by atoms with Gasteiger partial charge >= 0.3 is 0 Å². The van der Waals surface area contributed by atoms with Crippen molar-refractivity contribution in [2.75, 3.05) is 0 Å². The Bertz CT molecular complexity index is 279. The molecule has 0 bridgehead atoms. The van der Waals surface area contributed by atoms with Crippen molar-refractivity contribution in [1.29, 1.82) is 0 Å². The largest absolute Gasteiger partial charge is 0.0763 e. The van der Waals surface area contributed by atoms with Crippen LogP contribution in [0.3, 0.4) is 0 Å². The predicted molar refractivity (Wildman–Crippen MR) is 66.9 cm³/mol. The summed E-state index contributed by atoms with van der Waals surface area (Å²) in [7, 11) is 0. The molecule has 0 aromatic heterocycles. The van der Waals surface area contributed by atoms with Crippen LogP contribution in [0.15, 0.2) is 30.3 Å². The lowest BCUT2D eigenvalue weighted by Crippen LogP contribution is -1.85. The van der Waals surface area contributed by atoms with E-state index in [0.29, 0.717) is 0 Å². The molecule has 0 nitrogen and oxygen atoms in total. The van der Waals surface area contributed by atoms with E-state index in [1.807, 2.05) is 0 Å². The molecule has 0 spiro atoms. The van der Waals surface area contributed by atoms with Crippen LogP contribution in [0.25, 0.3) is 0 Å². The Morgan fingerprint density at radius 1 is 1.07 bits per heavy atom. The Morgan fingerprint density at radius 2 is 1.80 bits per heavy atom. The van der Waals surface area contributed by atoms with Crippen LogP contribution in [-0.2, 0) is 6.42 Å². The van der Waals surface area contributed by atoms with Crippen LogP contribution >= 0.6 is 0 Å². The highest BCUT2D eigenvalue weighted by Gasteiger charge is 1.93. The summed E-state index contributed by atoms with van der Waals surface area (Å²) in [6.07, 6.45) is 11.6. The molecule has 0 atom stereocenters. The Labute approximate surface area is 94.0 Å². The molecule has 1 radical (unpaired) electrons. The van der Waals surface area contributed by atoms with E-state index in [2.05, 4.69) is 50.3 Å². The number of unbranched alkanes of at least 4 members (excludes halogenated alkanes) is 2. The number of hydrogen-bond donors (Lipinski definition) is 0. The second kappa shape index (κ2) is 7.28. The van der Waals surface area contributed by atoms with Crippen molar-refractivity contribution >= 4 is 0 Å². The molecule has 0 saturated carbocycles. The maximum atomic E-state index is 3.26. The van der Waals surface area contributed by atoms with Gasteiger partial charge in [0.25, 0.3) is 0 Å². The summed E-state index contributed by atoms with van der Waals surface area (Å²) in [5.41, 5.74) is 2.64. The van der Waals surface area contributed by atoms with Crippen LogP contribution in [0.5, 0.6) is 0 Å². The summed E-state index contributed by atoms with van der Waals surface area (Å²) >= 11 is 0. The smallest absolute Gasteiger partial charge is 0.0149 e. The van der Waals surface area contributed by atoms with Crippen LogP contribution in [0.1, 0.15) is 50.7 Å².